The molecule has 0 spiro atoms. The Morgan fingerprint density at radius 1 is 1.41 bits per heavy atom. The molecule has 17 heavy (non-hydrogen) atoms. The maximum Gasteiger partial charge on any atom is 0.101 e. The fourth-order valence-electron chi connectivity index (χ4n) is 2.05. The second-order valence-electron chi connectivity index (χ2n) is 6.08. The van der Waals surface area contributed by atoms with Crippen molar-refractivity contribution in [2.75, 3.05) is 13.1 Å². The van der Waals surface area contributed by atoms with E-state index in [4.69, 9.17) is 11.0 Å². The zero-order chi connectivity index (χ0) is 12.9. The topological polar surface area (TPSA) is 53.0 Å². The highest BCUT2D eigenvalue weighted by Crippen LogP contribution is 2.28. The molecule has 98 valence electrons. The molecule has 0 amide bonds. The second kappa shape index (κ2) is 6.37. The van der Waals surface area contributed by atoms with Gasteiger partial charge in [0.1, 0.15) is 5.54 Å². The van der Waals surface area contributed by atoms with E-state index in [2.05, 4.69) is 24.8 Å². The number of nitrogens with zero attached hydrogens (tertiary/aromatic N) is 2. The monoisotopic (exact) mass is 237 g/mol. The molecule has 1 rings (SSSR count). The van der Waals surface area contributed by atoms with Crippen LogP contribution in [0, 0.1) is 17.2 Å². The maximum absolute atomic E-state index is 8.87. The lowest BCUT2D eigenvalue weighted by atomic mass is 9.99. The fourth-order valence-corrected chi connectivity index (χ4v) is 2.05. The van der Waals surface area contributed by atoms with E-state index in [9.17, 15) is 0 Å². The summed E-state index contributed by atoms with van der Waals surface area (Å²) < 4.78 is 0. The van der Waals surface area contributed by atoms with E-state index in [1.807, 2.05) is 6.92 Å². The first kappa shape index (κ1) is 14.5. The van der Waals surface area contributed by atoms with Gasteiger partial charge >= 0.3 is 0 Å². The average Bonchev–Trinajstić information content (AvgIpc) is 3.06. The number of nitriles is 1. The number of hydrogen-bond acceptors (Lipinski definition) is 3. The molecule has 3 heteroatoms. The molecule has 1 unspecified atom stereocenters. The van der Waals surface area contributed by atoms with E-state index in [-0.39, 0.29) is 0 Å². The quantitative estimate of drug-likeness (QED) is 0.705. The van der Waals surface area contributed by atoms with Gasteiger partial charge in [-0.15, -0.1) is 0 Å². The van der Waals surface area contributed by atoms with Crippen molar-refractivity contribution in [1.29, 1.82) is 5.26 Å². The Labute approximate surface area is 106 Å². The van der Waals surface area contributed by atoms with Crippen molar-refractivity contribution in [2.24, 2.45) is 11.7 Å². The first-order valence-corrected chi connectivity index (χ1v) is 6.89. The van der Waals surface area contributed by atoms with E-state index in [0.717, 1.165) is 31.3 Å². The van der Waals surface area contributed by atoms with Gasteiger partial charge in [-0.3, -0.25) is 0 Å². The molecule has 0 aromatic rings. The van der Waals surface area contributed by atoms with Crippen molar-refractivity contribution < 1.29 is 0 Å². The van der Waals surface area contributed by atoms with Gasteiger partial charge in [0.05, 0.1) is 6.07 Å². The molecule has 0 radical (unpaired) electrons. The number of hydrogen-bond donors (Lipinski definition) is 1. The predicted octanol–water partition coefficient (Wildman–Crippen LogP) is 2.52. The number of nitrogens with two attached hydrogens (primary N) is 1. The molecule has 3 nitrogen and oxygen atoms in total. The maximum atomic E-state index is 8.87. The molecule has 2 N–H and O–H groups in total. The van der Waals surface area contributed by atoms with Crippen LogP contribution in [0.4, 0.5) is 0 Å². The molecule has 0 heterocycles. The van der Waals surface area contributed by atoms with Crippen LogP contribution in [0.25, 0.3) is 0 Å². The van der Waals surface area contributed by atoms with E-state index in [1.165, 1.54) is 25.8 Å². The highest BCUT2D eigenvalue weighted by atomic mass is 15.2. The third kappa shape index (κ3) is 6.05. The van der Waals surface area contributed by atoms with Crippen LogP contribution >= 0.6 is 0 Å². The van der Waals surface area contributed by atoms with Gasteiger partial charge in [-0.05, 0) is 58.0 Å². The minimum atomic E-state index is -0.646. The zero-order valence-corrected chi connectivity index (χ0v) is 11.6. The largest absolute Gasteiger partial charge is 0.314 e. The van der Waals surface area contributed by atoms with Gasteiger partial charge in [0.2, 0.25) is 0 Å². The summed E-state index contributed by atoms with van der Waals surface area (Å²) in [7, 11) is 0. The van der Waals surface area contributed by atoms with Crippen LogP contribution in [-0.2, 0) is 0 Å². The molecule has 0 aliphatic heterocycles. The van der Waals surface area contributed by atoms with Gasteiger partial charge in [-0.25, -0.2) is 0 Å². The molecule has 0 saturated heterocycles. The van der Waals surface area contributed by atoms with Crippen molar-refractivity contribution in [3.63, 3.8) is 0 Å². The minimum absolute atomic E-state index is 0.646. The van der Waals surface area contributed by atoms with E-state index >= 15 is 0 Å². The van der Waals surface area contributed by atoms with E-state index in [0.29, 0.717) is 0 Å². The fraction of sp³-hybridized carbons (Fsp3) is 0.929. The van der Waals surface area contributed by atoms with Crippen LogP contribution < -0.4 is 5.73 Å². The summed E-state index contributed by atoms with van der Waals surface area (Å²) in [4.78, 5) is 2.59. The standard InChI is InChI=1S/C14H27N3/c1-12(2)7-10-17(13-5-6-13)9-4-8-14(3,16)11-15/h12-13H,4-10,16H2,1-3H3. The Morgan fingerprint density at radius 3 is 2.53 bits per heavy atom. The van der Waals surface area contributed by atoms with Crippen molar-refractivity contribution >= 4 is 0 Å². The Hall–Kier alpha value is -0.590. The molecular weight excluding hydrogens is 210 g/mol. The van der Waals surface area contributed by atoms with Gasteiger partial charge in [0, 0.05) is 6.04 Å². The molecule has 1 saturated carbocycles. The molecule has 0 aromatic heterocycles. The van der Waals surface area contributed by atoms with Crippen molar-refractivity contribution in [1.82, 2.24) is 4.90 Å². The Morgan fingerprint density at radius 2 is 2.06 bits per heavy atom. The van der Waals surface area contributed by atoms with Crippen molar-refractivity contribution in [3.05, 3.63) is 0 Å². The van der Waals surface area contributed by atoms with Gasteiger partial charge in [-0.1, -0.05) is 13.8 Å². The minimum Gasteiger partial charge on any atom is -0.314 e. The first-order valence-electron chi connectivity index (χ1n) is 6.89. The zero-order valence-electron chi connectivity index (χ0n) is 11.6. The molecule has 1 fully saturated rings. The third-order valence-corrected chi connectivity index (χ3v) is 3.45. The van der Waals surface area contributed by atoms with Crippen LogP contribution in [-0.4, -0.2) is 29.6 Å². The van der Waals surface area contributed by atoms with E-state index < -0.39 is 5.54 Å². The average molecular weight is 237 g/mol. The van der Waals surface area contributed by atoms with Crippen LogP contribution in [0.3, 0.4) is 0 Å². The Balaban J connectivity index is 2.23. The summed E-state index contributed by atoms with van der Waals surface area (Å²) in [6, 6.07) is 2.99. The first-order chi connectivity index (χ1) is 7.94. The van der Waals surface area contributed by atoms with Crippen LogP contribution in [0.1, 0.15) is 52.9 Å². The Bertz CT molecular complexity index is 261. The van der Waals surface area contributed by atoms with Crippen LogP contribution in [0.5, 0.6) is 0 Å². The van der Waals surface area contributed by atoms with Gasteiger partial charge < -0.3 is 10.6 Å². The lowest BCUT2D eigenvalue weighted by molar-refractivity contribution is 0.238. The normalized spacial score (nSPS) is 19.4. The lowest BCUT2D eigenvalue weighted by Crippen LogP contribution is -2.36. The van der Waals surface area contributed by atoms with Crippen molar-refractivity contribution in [2.45, 2.75) is 64.5 Å². The SMILES string of the molecule is CC(C)CCN(CCCC(C)(N)C#N)C1CC1. The second-order valence-corrected chi connectivity index (χ2v) is 6.08. The summed E-state index contributed by atoms with van der Waals surface area (Å²) >= 11 is 0. The molecule has 0 bridgehead atoms. The summed E-state index contributed by atoms with van der Waals surface area (Å²) in [5.74, 6) is 0.773. The molecule has 1 atom stereocenters. The number of rotatable bonds is 8. The van der Waals surface area contributed by atoms with Crippen LogP contribution in [0.2, 0.25) is 0 Å². The lowest BCUT2D eigenvalue weighted by Gasteiger charge is -2.24. The summed E-state index contributed by atoms with van der Waals surface area (Å²) in [6.45, 7) is 8.68. The van der Waals surface area contributed by atoms with Gasteiger partial charge in [0.15, 0.2) is 0 Å². The molecule has 1 aliphatic rings. The smallest absolute Gasteiger partial charge is 0.101 e. The summed E-state index contributed by atoms with van der Waals surface area (Å²) in [5, 5.41) is 8.87. The third-order valence-electron chi connectivity index (χ3n) is 3.45. The van der Waals surface area contributed by atoms with E-state index in [1.54, 1.807) is 0 Å². The van der Waals surface area contributed by atoms with Crippen molar-refractivity contribution in [3.8, 4) is 6.07 Å². The van der Waals surface area contributed by atoms with Gasteiger partial charge in [0.25, 0.3) is 0 Å². The summed E-state index contributed by atoms with van der Waals surface area (Å²) in [6.07, 6.45) is 5.82. The molecular formula is C14H27N3. The molecule has 1 aliphatic carbocycles. The highest BCUT2D eigenvalue weighted by molar-refractivity contribution is 5.00. The predicted molar refractivity (Wildman–Crippen MR) is 71.5 cm³/mol. The Kier molecular flexibility index (Phi) is 5.42. The van der Waals surface area contributed by atoms with Crippen LogP contribution in [0.15, 0.2) is 0 Å². The highest BCUT2D eigenvalue weighted by Gasteiger charge is 2.28. The summed E-state index contributed by atoms with van der Waals surface area (Å²) in [5.41, 5.74) is 5.19. The van der Waals surface area contributed by atoms with Gasteiger partial charge in [-0.2, -0.15) is 5.26 Å². The molecule has 0 aromatic carbocycles.